The van der Waals surface area contributed by atoms with Gasteiger partial charge in [-0.25, -0.2) is 0 Å². The second kappa shape index (κ2) is 5.38. The van der Waals surface area contributed by atoms with Gasteiger partial charge in [0.05, 0.1) is 12.6 Å². The summed E-state index contributed by atoms with van der Waals surface area (Å²) in [4.78, 5) is 9.92. The van der Waals surface area contributed by atoms with Crippen molar-refractivity contribution in [3.8, 4) is 0 Å². The summed E-state index contributed by atoms with van der Waals surface area (Å²) in [6.45, 7) is 2.47. The number of nitrogens with one attached hydrogen (secondary N) is 1. The van der Waals surface area contributed by atoms with Crippen LogP contribution in [-0.2, 0) is 6.54 Å². The van der Waals surface area contributed by atoms with Crippen molar-refractivity contribution < 1.29 is 9.34 Å². The molecule has 0 fully saturated rings. The molecule has 0 spiro atoms. The number of nitro groups is 1. The summed E-state index contributed by atoms with van der Waals surface area (Å²) in [6.07, 6.45) is 0. The zero-order valence-corrected chi connectivity index (χ0v) is 11.8. The summed E-state index contributed by atoms with van der Waals surface area (Å²) >= 11 is 2.26. The molecule has 1 N–H and O–H groups in total. The van der Waals surface area contributed by atoms with Gasteiger partial charge in [-0.1, -0.05) is 6.07 Å². The van der Waals surface area contributed by atoms with Crippen LogP contribution in [0.5, 0.6) is 0 Å². The summed E-state index contributed by atoms with van der Waals surface area (Å²) in [6, 6.07) is 8.97. The van der Waals surface area contributed by atoms with Crippen LogP contribution >= 0.6 is 22.6 Å². The summed E-state index contributed by atoms with van der Waals surface area (Å²) in [5, 5.41) is 13.6. The number of hydrogen-bond acceptors (Lipinski definition) is 4. The highest BCUT2D eigenvalue weighted by atomic mass is 127. The third-order valence-corrected chi connectivity index (χ3v) is 3.63. The minimum absolute atomic E-state index is 0.231. The van der Waals surface area contributed by atoms with Gasteiger partial charge in [0.25, 0.3) is 0 Å². The quantitative estimate of drug-likeness (QED) is 0.514. The van der Waals surface area contributed by atoms with Crippen LogP contribution in [-0.4, -0.2) is 4.92 Å². The molecule has 2 rings (SSSR count). The van der Waals surface area contributed by atoms with Crippen molar-refractivity contribution in [3.05, 3.63) is 55.3 Å². The molecular formula is C12H11IN2O3. The van der Waals surface area contributed by atoms with Crippen LogP contribution in [0, 0.1) is 20.6 Å². The minimum atomic E-state index is -0.543. The number of furan rings is 1. The number of hydrogen-bond donors (Lipinski definition) is 1. The first-order valence-electron chi connectivity index (χ1n) is 5.29. The predicted octanol–water partition coefficient (Wildman–Crippen LogP) is 3.71. The molecule has 1 heterocycles. The van der Waals surface area contributed by atoms with Gasteiger partial charge >= 0.3 is 5.88 Å². The molecule has 2 aromatic rings. The van der Waals surface area contributed by atoms with E-state index in [9.17, 15) is 10.1 Å². The first kappa shape index (κ1) is 12.9. The minimum Gasteiger partial charge on any atom is -0.404 e. The van der Waals surface area contributed by atoms with Crippen molar-refractivity contribution in [2.75, 3.05) is 5.32 Å². The number of halogens is 1. The predicted molar refractivity (Wildman–Crippen MR) is 76.6 cm³/mol. The van der Waals surface area contributed by atoms with Crippen LogP contribution in [0.15, 0.2) is 34.7 Å². The molecule has 0 radical (unpaired) electrons. The normalized spacial score (nSPS) is 10.3. The van der Waals surface area contributed by atoms with Gasteiger partial charge in [0.2, 0.25) is 0 Å². The highest BCUT2D eigenvalue weighted by Crippen LogP contribution is 2.19. The van der Waals surface area contributed by atoms with Crippen molar-refractivity contribution in [2.45, 2.75) is 13.5 Å². The lowest BCUT2D eigenvalue weighted by Gasteiger charge is -2.06. The maximum atomic E-state index is 10.5. The van der Waals surface area contributed by atoms with E-state index in [0.29, 0.717) is 12.3 Å². The Hall–Kier alpha value is -1.57. The van der Waals surface area contributed by atoms with E-state index in [1.165, 1.54) is 15.2 Å². The Morgan fingerprint density at radius 1 is 1.39 bits per heavy atom. The van der Waals surface area contributed by atoms with E-state index in [-0.39, 0.29) is 5.88 Å². The van der Waals surface area contributed by atoms with E-state index < -0.39 is 4.92 Å². The third-order valence-electron chi connectivity index (χ3n) is 2.47. The van der Waals surface area contributed by atoms with Crippen LogP contribution < -0.4 is 5.32 Å². The molecule has 18 heavy (non-hydrogen) atoms. The van der Waals surface area contributed by atoms with E-state index in [2.05, 4.69) is 27.9 Å². The van der Waals surface area contributed by atoms with Gasteiger partial charge in [-0.3, -0.25) is 10.1 Å². The molecule has 5 nitrogen and oxygen atoms in total. The van der Waals surface area contributed by atoms with Crippen LogP contribution in [0.3, 0.4) is 0 Å². The number of rotatable bonds is 4. The van der Waals surface area contributed by atoms with Gasteiger partial charge in [-0.15, -0.1) is 0 Å². The van der Waals surface area contributed by atoms with Crippen molar-refractivity contribution in [2.24, 2.45) is 0 Å². The summed E-state index contributed by atoms with van der Waals surface area (Å²) in [5.41, 5.74) is 2.18. The summed E-state index contributed by atoms with van der Waals surface area (Å²) in [7, 11) is 0. The third kappa shape index (κ3) is 3.00. The van der Waals surface area contributed by atoms with E-state index in [1.54, 1.807) is 6.07 Å². The molecule has 0 saturated heterocycles. The van der Waals surface area contributed by atoms with Crippen LogP contribution in [0.2, 0.25) is 0 Å². The van der Waals surface area contributed by atoms with Gasteiger partial charge < -0.3 is 9.73 Å². The van der Waals surface area contributed by atoms with Gasteiger partial charge in [-0.05, 0) is 53.3 Å². The first-order chi connectivity index (χ1) is 8.56. The molecule has 0 aliphatic rings. The summed E-state index contributed by atoms with van der Waals surface area (Å²) in [5.74, 6) is 0.308. The highest BCUT2D eigenvalue weighted by Gasteiger charge is 2.11. The fourth-order valence-corrected chi connectivity index (χ4v) is 1.97. The molecule has 0 aliphatic carbocycles. The number of nitrogens with zero attached hydrogens (tertiary/aromatic N) is 1. The largest absolute Gasteiger partial charge is 0.433 e. The molecule has 0 amide bonds. The maximum Gasteiger partial charge on any atom is 0.433 e. The van der Waals surface area contributed by atoms with Crippen LogP contribution in [0.25, 0.3) is 0 Å². The maximum absolute atomic E-state index is 10.5. The number of anilines is 1. The lowest BCUT2D eigenvalue weighted by Crippen LogP contribution is -1.98. The molecule has 6 heteroatoms. The molecule has 0 unspecified atom stereocenters. The van der Waals surface area contributed by atoms with Crippen molar-refractivity contribution in [3.63, 3.8) is 0 Å². The fourth-order valence-electron chi connectivity index (χ4n) is 1.45. The standard InChI is InChI=1S/C12H11IN2O3/c1-8-2-3-9(6-11(8)13)14-7-10-4-5-12(18-10)15(16)17/h2-6,14H,7H2,1H3. The molecular weight excluding hydrogens is 347 g/mol. The highest BCUT2D eigenvalue weighted by molar-refractivity contribution is 14.1. The van der Waals surface area contributed by atoms with E-state index in [4.69, 9.17) is 4.42 Å². The lowest BCUT2D eigenvalue weighted by atomic mass is 10.2. The summed E-state index contributed by atoms with van der Waals surface area (Å²) < 4.78 is 6.23. The van der Waals surface area contributed by atoms with E-state index >= 15 is 0 Å². The van der Waals surface area contributed by atoms with Crippen molar-refractivity contribution in [1.29, 1.82) is 0 Å². The Labute approximate surface area is 117 Å². The second-order valence-electron chi connectivity index (χ2n) is 3.81. The van der Waals surface area contributed by atoms with E-state index in [0.717, 1.165) is 5.69 Å². The number of benzene rings is 1. The molecule has 0 aliphatic heterocycles. The Bertz CT molecular complexity index is 580. The smallest absolute Gasteiger partial charge is 0.404 e. The van der Waals surface area contributed by atoms with E-state index in [1.807, 2.05) is 25.1 Å². The monoisotopic (exact) mass is 358 g/mol. The van der Waals surface area contributed by atoms with Crippen LogP contribution in [0.4, 0.5) is 11.6 Å². The van der Waals surface area contributed by atoms with Gasteiger partial charge in [0.15, 0.2) is 0 Å². The molecule has 0 saturated carbocycles. The molecule has 94 valence electrons. The average Bonchev–Trinajstić information content (AvgIpc) is 2.79. The Balaban J connectivity index is 2.02. The Kier molecular flexibility index (Phi) is 3.85. The molecule has 1 aromatic carbocycles. The first-order valence-corrected chi connectivity index (χ1v) is 6.37. The SMILES string of the molecule is Cc1ccc(NCc2ccc([N+](=O)[O-])o2)cc1I. The van der Waals surface area contributed by atoms with Crippen LogP contribution in [0.1, 0.15) is 11.3 Å². The molecule has 0 bridgehead atoms. The second-order valence-corrected chi connectivity index (χ2v) is 4.98. The number of aryl methyl sites for hydroxylation is 1. The Morgan fingerprint density at radius 3 is 2.78 bits per heavy atom. The average molecular weight is 358 g/mol. The zero-order valence-electron chi connectivity index (χ0n) is 9.64. The lowest BCUT2D eigenvalue weighted by molar-refractivity contribution is -0.402. The molecule has 0 atom stereocenters. The van der Waals surface area contributed by atoms with Gasteiger partial charge in [0.1, 0.15) is 10.7 Å². The van der Waals surface area contributed by atoms with Gasteiger partial charge in [-0.2, -0.15) is 0 Å². The van der Waals surface area contributed by atoms with Crippen molar-refractivity contribution in [1.82, 2.24) is 0 Å². The zero-order chi connectivity index (χ0) is 13.1. The molecule has 1 aromatic heterocycles. The van der Waals surface area contributed by atoms with Gasteiger partial charge in [0, 0.05) is 9.26 Å². The topological polar surface area (TPSA) is 68.3 Å². The Morgan fingerprint density at radius 2 is 2.17 bits per heavy atom. The van der Waals surface area contributed by atoms with Crippen molar-refractivity contribution >= 4 is 34.2 Å². The fraction of sp³-hybridized carbons (Fsp3) is 0.167.